The highest BCUT2D eigenvalue weighted by molar-refractivity contribution is 9.10. The molecule has 0 aliphatic carbocycles. The van der Waals surface area contributed by atoms with Crippen LogP contribution < -0.4 is 4.72 Å². The summed E-state index contributed by atoms with van der Waals surface area (Å²) >= 11 is 3.10. The molecule has 2 N–H and O–H groups in total. The van der Waals surface area contributed by atoms with E-state index in [1.165, 1.54) is 11.8 Å². The molecule has 2 atom stereocenters. The normalized spacial score (nSPS) is 21.6. The first kappa shape index (κ1) is 18.2. The molecule has 1 aliphatic heterocycles. The van der Waals surface area contributed by atoms with Crippen LogP contribution in [0.25, 0.3) is 0 Å². The lowest BCUT2D eigenvalue weighted by atomic mass is 10.0. The molecular formula is C14H18BrFN2O4S. The second-order valence-corrected chi connectivity index (χ2v) is 8.27. The van der Waals surface area contributed by atoms with Crippen molar-refractivity contribution >= 4 is 32.0 Å². The van der Waals surface area contributed by atoms with Gasteiger partial charge < -0.3 is 10.0 Å². The van der Waals surface area contributed by atoms with Crippen LogP contribution in [0.2, 0.25) is 0 Å². The van der Waals surface area contributed by atoms with Gasteiger partial charge in [-0.3, -0.25) is 0 Å². The fourth-order valence-corrected chi connectivity index (χ4v) is 4.04. The lowest BCUT2D eigenvalue weighted by Gasteiger charge is -2.26. The molecular weight excluding hydrogens is 391 g/mol. The highest BCUT2D eigenvalue weighted by atomic mass is 79.9. The molecule has 1 fully saturated rings. The molecule has 1 heterocycles. The van der Waals surface area contributed by atoms with E-state index < -0.39 is 34.0 Å². The lowest BCUT2D eigenvalue weighted by Crippen LogP contribution is -2.48. The third kappa shape index (κ3) is 4.21. The molecule has 0 radical (unpaired) electrons. The Labute approximate surface area is 142 Å². The fourth-order valence-electron chi connectivity index (χ4n) is 2.73. The van der Waals surface area contributed by atoms with Gasteiger partial charge in [-0.2, -0.15) is 0 Å². The third-order valence-corrected chi connectivity index (χ3v) is 6.00. The molecule has 6 nitrogen and oxygen atoms in total. The SMILES string of the molecule is CCS(=O)(=O)N[C@H]1CCN(C(=O)O)[C@H]1Cc1cccc(Br)c1F. The molecule has 1 saturated heterocycles. The van der Waals surface area contributed by atoms with Gasteiger partial charge in [-0.25, -0.2) is 22.3 Å². The zero-order chi connectivity index (χ0) is 17.2. The number of carboxylic acid groups (broad SMARTS) is 1. The molecule has 1 aromatic rings. The van der Waals surface area contributed by atoms with Gasteiger partial charge in [-0.05, 0) is 47.3 Å². The maximum atomic E-state index is 14.2. The number of benzene rings is 1. The van der Waals surface area contributed by atoms with Crippen molar-refractivity contribution in [3.63, 3.8) is 0 Å². The minimum absolute atomic E-state index is 0.0888. The van der Waals surface area contributed by atoms with E-state index in [9.17, 15) is 22.7 Å². The number of nitrogens with one attached hydrogen (secondary N) is 1. The van der Waals surface area contributed by atoms with Crippen LogP contribution in [0, 0.1) is 5.82 Å². The predicted octanol–water partition coefficient (Wildman–Crippen LogP) is 2.19. The number of hydrogen-bond donors (Lipinski definition) is 2. The first-order chi connectivity index (χ1) is 10.7. The molecule has 1 aliphatic rings. The van der Waals surface area contributed by atoms with Crippen molar-refractivity contribution in [1.29, 1.82) is 0 Å². The largest absolute Gasteiger partial charge is 0.465 e. The van der Waals surface area contributed by atoms with Gasteiger partial charge in [-0.1, -0.05) is 12.1 Å². The number of hydrogen-bond acceptors (Lipinski definition) is 3. The van der Waals surface area contributed by atoms with Gasteiger partial charge in [0.2, 0.25) is 10.0 Å². The summed E-state index contributed by atoms with van der Waals surface area (Å²) in [5.41, 5.74) is 0.346. The fraction of sp³-hybridized carbons (Fsp3) is 0.500. The predicted molar refractivity (Wildman–Crippen MR) is 87.3 cm³/mol. The summed E-state index contributed by atoms with van der Waals surface area (Å²) < 4.78 is 40.6. The average molecular weight is 409 g/mol. The number of likely N-dealkylation sites (tertiary alicyclic amines) is 1. The number of sulfonamides is 1. The second kappa shape index (κ2) is 7.14. The number of halogens is 2. The summed E-state index contributed by atoms with van der Waals surface area (Å²) in [4.78, 5) is 12.6. The molecule has 23 heavy (non-hydrogen) atoms. The molecule has 9 heteroatoms. The first-order valence-corrected chi connectivity index (χ1v) is 9.62. The van der Waals surface area contributed by atoms with Crippen LogP contribution in [-0.2, 0) is 16.4 Å². The summed E-state index contributed by atoms with van der Waals surface area (Å²) in [5, 5.41) is 9.30. The van der Waals surface area contributed by atoms with E-state index in [0.29, 0.717) is 16.5 Å². The maximum Gasteiger partial charge on any atom is 0.407 e. The van der Waals surface area contributed by atoms with E-state index in [1.807, 2.05) is 0 Å². The molecule has 0 saturated carbocycles. The highest BCUT2D eigenvalue weighted by Crippen LogP contribution is 2.26. The van der Waals surface area contributed by atoms with E-state index >= 15 is 0 Å². The van der Waals surface area contributed by atoms with Gasteiger partial charge in [0.25, 0.3) is 0 Å². The van der Waals surface area contributed by atoms with E-state index in [-0.39, 0.29) is 18.7 Å². The minimum Gasteiger partial charge on any atom is -0.465 e. The number of rotatable bonds is 5. The standard InChI is InChI=1S/C14H18BrFN2O4S/c1-2-23(21,22)17-11-6-7-18(14(19)20)12(11)8-9-4-3-5-10(15)13(9)16/h3-5,11-12,17H,2,6-8H2,1H3,(H,19,20)/t11-,12-/m0/s1. The summed E-state index contributed by atoms with van der Waals surface area (Å²) in [6.45, 7) is 1.72. The number of carbonyl (C=O) groups is 1. The van der Waals surface area contributed by atoms with E-state index in [0.717, 1.165) is 0 Å². The van der Waals surface area contributed by atoms with Crippen LogP contribution in [0.15, 0.2) is 22.7 Å². The summed E-state index contributed by atoms with van der Waals surface area (Å²) in [5.74, 6) is -0.545. The van der Waals surface area contributed by atoms with Crippen molar-refractivity contribution in [2.75, 3.05) is 12.3 Å². The zero-order valence-corrected chi connectivity index (χ0v) is 14.9. The maximum absolute atomic E-state index is 14.2. The smallest absolute Gasteiger partial charge is 0.407 e. The number of nitrogens with zero attached hydrogens (tertiary/aromatic N) is 1. The Balaban J connectivity index is 2.28. The van der Waals surface area contributed by atoms with Gasteiger partial charge >= 0.3 is 6.09 Å². The van der Waals surface area contributed by atoms with E-state index in [1.54, 1.807) is 18.2 Å². The van der Waals surface area contributed by atoms with Crippen LogP contribution in [0.5, 0.6) is 0 Å². The quantitative estimate of drug-likeness (QED) is 0.781. The summed E-state index contributed by atoms with van der Waals surface area (Å²) in [6, 6.07) is 3.59. The molecule has 1 aromatic carbocycles. The topological polar surface area (TPSA) is 86.7 Å². The van der Waals surface area contributed by atoms with Crippen molar-refractivity contribution in [3.05, 3.63) is 34.1 Å². The monoisotopic (exact) mass is 408 g/mol. The first-order valence-electron chi connectivity index (χ1n) is 7.17. The van der Waals surface area contributed by atoms with Gasteiger partial charge in [0.1, 0.15) is 5.82 Å². The molecule has 128 valence electrons. The van der Waals surface area contributed by atoms with Crippen LogP contribution in [0.1, 0.15) is 18.9 Å². The minimum atomic E-state index is -3.47. The van der Waals surface area contributed by atoms with Crippen molar-refractivity contribution < 1.29 is 22.7 Å². The van der Waals surface area contributed by atoms with Gasteiger partial charge in [0.05, 0.1) is 16.3 Å². The van der Waals surface area contributed by atoms with Gasteiger partial charge in [0.15, 0.2) is 0 Å². The highest BCUT2D eigenvalue weighted by Gasteiger charge is 2.39. The van der Waals surface area contributed by atoms with Crippen LogP contribution in [-0.4, -0.2) is 48.9 Å². The van der Waals surface area contributed by atoms with Crippen molar-refractivity contribution in [1.82, 2.24) is 9.62 Å². The lowest BCUT2D eigenvalue weighted by molar-refractivity contribution is 0.137. The Kier molecular flexibility index (Phi) is 5.64. The van der Waals surface area contributed by atoms with Gasteiger partial charge in [0, 0.05) is 12.6 Å². The third-order valence-electron chi connectivity index (χ3n) is 3.96. The van der Waals surface area contributed by atoms with Crippen molar-refractivity contribution in [2.45, 2.75) is 31.8 Å². The van der Waals surface area contributed by atoms with Crippen LogP contribution in [0.3, 0.4) is 0 Å². The molecule has 0 bridgehead atoms. The van der Waals surface area contributed by atoms with Crippen molar-refractivity contribution in [2.24, 2.45) is 0 Å². The van der Waals surface area contributed by atoms with E-state index in [2.05, 4.69) is 20.7 Å². The average Bonchev–Trinajstić information content (AvgIpc) is 2.86. The zero-order valence-electron chi connectivity index (χ0n) is 12.5. The molecule has 0 spiro atoms. The summed E-state index contributed by atoms with van der Waals surface area (Å²) in [6.07, 6.45) is -0.663. The Bertz CT molecular complexity index is 698. The number of amides is 1. The Morgan fingerprint density at radius 1 is 1.52 bits per heavy atom. The molecule has 1 amide bonds. The molecule has 2 rings (SSSR count). The van der Waals surface area contributed by atoms with Crippen LogP contribution >= 0.6 is 15.9 Å². The Morgan fingerprint density at radius 2 is 2.22 bits per heavy atom. The Morgan fingerprint density at radius 3 is 2.83 bits per heavy atom. The van der Waals surface area contributed by atoms with Gasteiger partial charge in [-0.15, -0.1) is 0 Å². The van der Waals surface area contributed by atoms with E-state index in [4.69, 9.17) is 0 Å². The van der Waals surface area contributed by atoms with Crippen LogP contribution in [0.4, 0.5) is 9.18 Å². The molecule has 0 aromatic heterocycles. The summed E-state index contributed by atoms with van der Waals surface area (Å²) in [7, 11) is -3.47. The second-order valence-electron chi connectivity index (χ2n) is 5.38. The van der Waals surface area contributed by atoms with Crippen molar-refractivity contribution in [3.8, 4) is 0 Å². The molecule has 0 unspecified atom stereocenters. The Hall–Kier alpha value is -1.19.